The van der Waals surface area contributed by atoms with Gasteiger partial charge < -0.3 is 9.47 Å². The van der Waals surface area contributed by atoms with Gasteiger partial charge in [0.1, 0.15) is 11.2 Å². The van der Waals surface area contributed by atoms with E-state index in [0.29, 0.717) is 0 Å². The number of benzene rings is 2. The topological polar surface area (TPSA) is 44.5 Å². The van der Waals surface area contributed by atoms with E-state index in [1.807, 2.05) is 6.07 Å². The van der Waals surface area contributed by atoms with Crippen molar-refractivity contribution in [3.63, 3.8) is 0 Å². The molecule has 0 radical (unpaired) electrons. The molecule has 0 amide bonds. The summed E-state index contributed by atoms with van der Waals surface area (Å²) in [5.74, 6) is 2.51. The minimum Gasteiger partial charge on any atom is -0.493 e. The number of amidine groups is 1. The molecule has 0 unspecified atom stereocenters. The molecule has 0 atom stereocenters. The van der Waals surface area contributed by atoms with Crippen LogP contribution in [0.25, 0.3) is 0 Å². The molecule has 25 heavy (non-hydrogen) atoms. The molecule has 1 aliphatic heterocycles. The van der Waals surface area contributed by atoms with Crippen LogP contribution in [0.3, 0.4) is 0 Å². The number of nitrogens with one attached hydrogen (secondary N) is 2. The van der Waals surface area contributed by atoms with Gasteiger partial charge in [-0.1, -0.05) is 12.1 Å². The fraction of sp³-hybridized carbons (Fsp3) is 0.381. The van der Waals surface area contributed by atoms with Crippen molar-refractivity contribution in [1.29, 1.82) is 0 Å². The molecule has 132 valence electrons. The van der Waals surface area contributed by atoms with Gasteiger partial charge >= 0.3 is 0 Å². The van der Waals surface area contributed by atoms with Gasteiger partial charge in [-0.2, -0.15) is 0 Å². The van der Waals surface area contributed by atoms with Crippen LogP contribution in [0.15, 0.2) is 30.3 Å². The summed E-state index contributed by atoms with van der Waals surface area (Å²) >= 11 is 0. The fourth-order valence-corrected chi connectivity index (χ4v) is 3.33. The standard InChI is InChI=1S/C21H26N2O2/c1-13-7-8-14(2)17(9-13)22-20-16-11-19(25-6)18(24-5)10-15(16)12-21(3,4)23-20/h7-11H,12H2,1-6H3,(H,22,23)/p+1. The Morgan fingerprint density at radius 3 is 2.36 bits per heavy atom. The van der Waals surface area contributed by atoms with Crippen LogP contribution in [0.5, 0.6) is 11.5 Å². The second-order valence-corrected chi connectivity index (χ2v) is 7.37. The molecule has 1 aliphatic rings. The summed E-state index contributed by atoms with van der Waals surface area (Å²) in [5, 5.41) is 3.60. The molecule has 2 N–H and O–H groups in total. The molecule has 0 spiro atoms. The highest BCUT2D eigenvalue weighted by atomic mass is 16.5. The molecule has 3 rings (SSSR count). The first-order valence-electron chi connectivity index (χ1n) is 8.57. The zero-order chi connectivity index (χ0) is 18.2. The molecule has 0 bridgehead atoms. The van der Waals surface area contributed by atoms with E-state index in [2.05, 4.69) is 62.3 Å². The second kappa shape index (κ2) is 6.43. The number of methoxy groups -OCH3 is 2. The molecule has 0 saturated heterocycles. The Morgan fingerprint density at radius 2 is 1.68 bits per heavy atom. The first-order valence-corrected chi connectivity index (χ1v) is 8.57. The lowest BCUT2D eigenvalue weighted by Gasteiger charge is -2.26. The van der Waals surface area contributed by atoms with E-state index in [1.54, 1.807) is 14.2 Å². The van der Waals surface area contributed by atoms with E-state index in [-0.39, 0.29) is 5.54 Å². The maximum atomic E-state index is 5.50. The Morgan fingerprint density at radius 1 is 1.00 bits per heavy atom. The van der Waals surface area contributed by atoms with E-state index >= 15 is 0 Å². The van der Waals surface area contributed by atoms with Crippen LogP contribution in [0.2, 0.25) is 0 Å². The van der Waals surface area contributed by atoms with Gasteiger partial charge in [-0.05, 0) is 62.6 Å². The number of fused-ring (bicyclic) bond motifs is 1. The van der Waals surface area contributed by atoms with E-state index in [4.69, 9.17) is 9.47 Å². The van der Waals surface area contributed by atoms with Gasteiger partial charge in [0, 0.05) is 6.42 Å². The summed E-state index contributed by atoms with van der Waals surface area (Å²) in [6.45, 7) is 8.63. The zero-order valence-electron chi connectivity index (χ0n) is 15.9. The number of ether oxygens (including phenoxy) is 2. The lowest BCUT2D eigenvalue weighted by atomic mass is 9.88. The molecular formula is C21H27N2O2+. The number of hydrogen-bond acceptors (Lipinski definition) is 3. The molecule has 4 heteroatoms. The first-order chi connectivity index (χ1) is 11.8. The van der Waals surface area contributed by atoms with E-state index in [1.165, 1.54) is 16.7 Å². The Hall–Kier alpha value is -2.49. The molecule has 2 aromatic carbocycles. The average molecular weight is 339 g/mol. The van der Waals surface area contributed by atoms with Crippen LogP contribution >= 0.6 is 0 Å². The molecule has 0 fully saturated rings. The third kappa shape index (κ3) is 3.48. The average Bonchev–Trinajstić information content (AvgIpc) is 2.56. The van der Waals surface area contributed by atoms with Crippen molar-refractivity contribution < 1.29 is 14.5 Å². The van der Waals surface area contributed by atoms with Gasteiger partial charge in [0.25, 0.3) is 5.84 Å². The smallest absolute Gasteiger partial charge is 0.280 e. The van der Waals surface area contributed by atoms with Gasteiger partial charge in [-0.3, -0.25) is 4.99 Å². The quantitative estimate of drug-likeness (QED) is 0.903. The third-order valence-corrected chi connectivity index (χ3v) is 4.63. The van der Waals surface area contributed by atoms with Gasteiger partial charge in [0.15, 0.2) is 11.5 Å². The third-order valence-electron chi connectivity index (χ3n) is 4.63. The lowest BCUT2D eigenvalue weighted by molar-refractivity contribution is -0.545. The second-order valence-electron chi connectivity index (χ2n) is 7.37. The largest absolute Gasteiger partial charge is 0.493 e. The highest BCUT2D eigenvalue weighted by Crippen LogP contribution is 2.33. The maximum Gasteiger partial charge on any atom is 0.280 e. The van der Waals surface area contributed by atoms with Gasteiger partial charge in [-0.15, -0.1) is 0 Å². The van der Waals surface area contributed by atoms with Crippen molar-refractivity contribution >= 4 is 11.5 Å². The molecule has 0 aromatic heterocycles. The van der Waals surface area contributed by atoms with E-state index in [9.17, 15) is 0 Å². The normalized spacial score (nSPS) is 15.2. The van der Waals surface area contributed by atoms with Crippen molar-refractivity contribution in [3.8, 4) is 11.5 Å². The minimum atomic E-state index is -0.0489. The van der Waals surface area contributed by atoms with Gasteiger partial charge in [0.2, 0.25) is 0 Å². The Labute approximate surface area is 149 Å². The van der Waals surface area contributed by atoms with E-state index < -0.39 is 0 Å². The van der Waals surface area contributed by atoms with Crippen molar-refractivity contribution in [2.75, 3.05) is 19.5 Å². The Balaban J connectivity index is 2.10. The number of aryl methyl sites for hydroxylation is 2. The van der Waals surface area contributed by atoms with E-state index in [0.717, 1.165) is 35.0 Å². The summed E-state index contributed by atoms with van der Waals surface area (Å²) in [6, 6.07) is 10.6. The Bertz CT molecular complexity index is 838. The SMILES string of the molecule is COc1cc2c(cc1OC)C(Nc1cc(C)ccc1C)=[NH+]C(C)(C)C2. The number of anilines is 1. The molecule has 0 saturated carbocycles. The van der Waals surface area contributed by atoms with Crippen molar-refractivity contribution in [1.82, 2.24) is 0 Å². The highest BCUT2D eigenvalue weighted by molar-refractivity contribution is 6.06. The first kappa shape index (κ1) is 17.3. The highest BCUT2D eigenvalue weighted by Gasteiger charge is 2.32. The number of hydrogen-bond donors (Lipinski definition) is 2. The summed E-state index contributed by atoms with van der Waals surface area (Å²) in [5.41, 5.74) is 5.88. The van der Waals surface area contributed by atoms with Crippen LogP contribution in [0, 0.1) is 13.8 Å². The zero-order valence-corrected chi connectivity index (χ0v) is 15.9. The van der Waals surface area contributed by atoms with Crippen molar-refractivity contribution in [3.05, 3.63) is 52.6 Å². The monoisotopic (exact) mass is 339 g/mol. The van der Waals surface area contributed by atoms with Crippen LogP contribution < -0.4 is 19.8 Å². The molecule has 2 aromatic rings. The maximum absolute atomic E-state index is 5.50. The summed E-state index contributed by atoms with van der Waals surface area (Å²) < 4.78 is 11.0. The molecule has 0 aliphatic carbocycles. The number of rotatable bonds is 3. The Kier molecular flexibility index (Phi) is 4.46. The lowest BCUT2D eigenvalue weighted by Crippen LogP contribution is -2.89. The molecule has 1 heterocycles. The molecule has 4 nitrogen and oxygen atoms in total. The fourth-order valence-electron chi connectivity index (χ4n) is 3.33. The van der Waals surface area contributed by atoms with Gasteiger partial charge in [-0.25, -0.2) is 5.32 Å². The van der Waals surface area contributed by atoms with Crippen LogP contribution in [0.4, 0.5) is 5.69 Å². The van der Waals surface area contributed by atoms with Crippen molar-refractivity contribution in [2.45, 2.75) is 39.7 Å². The molecular weight excluding hydrogens is 312 g/mol. The minimum absolute atomic E-state index is 0.0489. The predicted octanol–water partition coefficient (Wildman–Crippen LogP) is 2.59. The van der Waals surface area contributed by atoms with Crippen LogP contribution in [-0.2, 0) is 6.42 Å². The van der Waals surface area contributed by atoms with Crippen LogP contribution in [0.1, 0.15) is 36.1 Å². The van der Waals surface area contributed by atoms with Crippen molar-refractivity contribution in [2.24, 2.45) is 0 Å². The summed E-state index contributed by atoms with van der Waals surface area (Å²) in [7, 11) is 3.34. The van der Waals surface area contributed by atoms with Gasteiger partial charge in [0.05, 0.1) is 19.8 Å². The predicted molar refractivity (Wildman–Crippen MR) is 102 cm³/mol. The summed E-state index contributed by atoms with van der Waals surface area (Å²) in [4.78, 5) is 3.64. The van der Waals surface area contributed by atoms with Crippen LogP contribution in [-0.4, -0.2) is 25.6 Å². The summed E-state index contributed by atoms with van der Waals surface area (Å²) in [6.07, 6.45) is 0.917.